The normalized spacial score (nSPS) is 15.6. The van der Waals surface area contributed by atoms with Crippen molar-refractivity contribution in [3.05, 3.63) is 47.0 Å². The summed E-state index contributed by atoms with van der Waals surface area (Å²) < 4.78 is 11.5. The predicted molar refractivity (Wildman–Crippen MR) is 120 cm³/mol. The molecule has 0 fully saturated rings. The highest BCUT2D eigenvalue weighted by atomic mass is 35.5. The van der Waals surface area contributed by atoms with Gasteiger partial charge in [-0.15, -0.1) is 0 Å². The van der Waals surface area contributed by atoms with Crippen molar-refractivity contribution in [2.75, 3.05) is 25.2 Å². The number of hydroxylamine groups is 2. The second-order valence-corrected chi connectivity index (χ2v) is 8.89. The van der Waals surface area contributed by atoms with Gasteiger partial charge in [-0.25, -0.2) is 0 Å². The number of ether oxygens (including phenoxy) is 2. The van der Waals surface area contributed by atoms with Gasteiger partial charge in [0.2, 0.25) is 5.91 Å². The van der Waals surface area contributed by atoms with Crippen LogP contribution < -0.4 is 14.4 Å². The van der Waals surface area contributed by atoms with Crippen molar-refractivity contribution in [3.63, 3.8) is 0 Å². The van der Waals surface area contributed by atoms with Gasteiger partial charge in [-0.3, -0.25) is 9.69 Å². The Labute approximate surface area is 186 Å². The van der Waals surface area contributed by atoms with Crippen molar-refractivity contribution in [1.82, 2.24) is 5.06 Å². The third-order valence-corrected chi connectivity index (χ3v) is 6.38. The summed E-state index contributed by atoms with van der Waals surface area (Å²) in [6.45, 7) is 6.37. The fraction of sp³-hybridized carbons (Fsp3) is 0.409. The maximum Gasteiger partial charge on any atom is 0.225 e. The van der Waals surface area contributed by atoms with E-state index in [1.165, 1.54) is 5.06 Å². The van der Waals surface area contributed by atoms with Crippen molar-refractivity contribution in [2.45, 2.75) is 43.5 Å². The van der Waals surface area contributed by atoms with Crippen LogP contribution in [0.5, 0.6) is 11.5 Å². The minimum Gasteiger partial charge on any atom is -0.497 e. The highest BCUT2D eigenvalue weighted by molar-refractivity contribution is 8.00. The van der Waals surface area contributed by atoms with E-state index < -0.39 is 0 Å². The highest BCUT2D eigenvalue weighted by Crippen LogP contribution is 2.54. The number of nitrogens with zero attached hydrogens (tertiary/aromatic N) is 2. The molecule has 0 bridgehead atoms. The fourth-order valence-corrected chi connectivity index (χ4v) is 4.77. The second-order valence-electron chi connectivity index (χ2n) is 7.33. The van der Waals surface area contributed by atoms with E-state index in [2.05, 4.69) is 0 Å². The first-order chi connectivity index (χ1) is 14.3. The lowest BCUT2D eigenvalue weighted by Gasteiger charge is -2.26. The molecule has 6 nitrogen and oxygen atoms in total. The fourth-order valence-electron chi connectivity index (χ4n) is 3.26. The molecule has 8 heteroatoms. The molecule has 162 valence electrons. The first-order valence-corrected chi connectivity index (χ1v) is 11.1. The molecule has 1 heterocycles. The van der Waals surface area contributed by atoms with Crippen LogP contribution in [-0.2, 0) is 4.79 Å². The number of carbonyl (C=O) groups excluding carboxylic acids is 1. The molecule has 2 aromatic carbocycles. The van der Waals surface area contributed by atoms with Crippen molar-refractivity contribution in [3.8, 4) is 11.5 Å². The van der Waals surface area contributed by atoms with Crippen LogP contribution in [-0.4, -0.2) is 42.5 Å². The molecule has 0 saturated carbocycles. The monoisotopic (exact) mass is 450 g/mol. The lowest BCUT2D eigenvalue weighted by atomic mass is 10.1. The van der Waals surface area contributed by atoms with E-state index in [1.54, 1.807) is 30.7 Å². The minimum atomic E-state index is -0.286. The average Bonchev–Trinajstić information content (AvgIpc) is 3.09. The maximum atomic E-state index is 12.5. The van der Waals surface area contributed by atoms with Gasteiger partial charge >= 0.3 is 0 Å². The smallest absolute Gasteiger partial charge is 0.225 e. The summed E-state index contributed by atoms with van der Waals surface area (Å²) in [5.74, 6) is 1.31. The molecule has 1 atom stereocenters. The zero-order valence-electron chi connectivity index (χ0n) is 17.6. The van der Waals surface area contributed by atoms with Crippen LogP contribution in [0.1, 0.15) is 38.1 Å². The van der Waals surface area contributed by atoms with Gasteiger partial charge in [-0.05, 0) is 56.7 Å². The number of anilines is 1. The lowest BCUT2D eigenvalue weighted by molar-refractivity contribution is -0.118. The Bertz CT molecular complexity index is 909. The van der Waals surface area contributed by atoms with E-state index in [0.29, 0.717) is 36.1 Å². The molecule has 1 amide bonds. The number of hydrogen-bond donors (Lipinski definition) is 1. The SMILES string of the molecule is COc1ccc(OCCCN(O)C(C)C)c(C2Sc3ccc(Cl)cc3N2C(C)=O)c1. The quantitative estimate of drug-likeness (QED) is 0.430. The number of rotatable bonds is 8. The lowest BCUT2D eigenvalue weighted by Crippen LogP contribution is -2.29. The molecule has 30 heavy (non-hydrogen) atoms. The van der Waals surface area contributed by atoms with Gasteiger partial charge in [0.25, 0.3) is 0 Å². The Hall–Kier alpha value is -1.93. The second kappa shape index (κ2) is 9.92. The average molecular weight is 451 g/mol. The summed E-state index contributed by atoms with van der Waals surface area (Å²) in [7, 11) is 1.61. The molecule has 3 rings (SSSR count). The largest absolute Gasteiger partial charge is 0.497 e. The molecule has 0 aromatic heterocycles. The van der Waals surface area contributed by atoms with Gasteiger partial charge in [-0.2, -0.15) is 5.06 Å². The molecule has 1 aliphatic heterocycles. The highest BCUT2D eigenvalue weighted by Gasteiger charge is 2.36. The zero-order chi connectivity index (χ0) is 21.8. The number of benzene rings is 2. The third kappa shape index (κ3) is 5.03. The molecule has 0 saturated heterocycles. The Balaban J connectivity index is 1.86. The standard InChI is InChI=1S/C22H27ClN2O4S/c1-14(2)24(27)10-5-11-29-20-8-7-17(28-4)13-18(20)22-25(15(3)26)19-12-16(23)6-9-21(19)30-22/h6-9,12-14,22,27H,5,10-11H2,1-4H3. The molecule has 1 N–H and O–H groups in total. The van der Waals surface area contributed by atoms with Gasteiger partial charge < -0.3 is 14.7 Å². The number of methoxy groups -OCH3 is 1. The summed E-state index contributed by atoms with van der Waals surface area (Å²) in [5.41, 5.74) is 1.65. The Morgan fingerprint density at radius 1 is 1.30 bits per heavy atom. The van der Waals surface area contributed by atoms with E-state index in [1.807, 2.05) is 50.2 Å². The number of fused-ring (bicyclic) bond motifs is 1. The molecule has 1 aliphatic rings. The van der Waals surface area contributed by atoms with E-state index in [9.17, 15) is 10.0 Å². The van der Waals surface area contributed by atoms with Crippen molar-refractivity contribution in [2.24, 2.45) is 0 Å². The first-order valence-electron chi connectivity index (χ1n) is 9.84. The van der Waals surface area contributed by atoms with Crippen LogP contribution in [0.15, 0.2) is 41.3 Å². The van der Waals surface area contributed by atoms with Gasteiger partial charge in [0.15, 0.2) is 0 Å². The van der Waals surface area contributed by atoms with Gasteiger partial charge in [0.1, 0.15) is 16.9 Å². The summed E-state index contributed by atoms with van der Waals surface area (Å²) in [6, 6.07) is 11.2. The van der Waals surface area contributed by atoms with E-state index >= 15 is 0 Å². The summed E-state index contributed by atoms with van der Waals surface area (Å²) >= 11 is 7.76. The molecule has 1 unspecified atom stereocenters. The van der Waals surface area contributed by atoms with Crippen LogP contribution in [0.3, 0.4) is 0 Å². The number of amides is 1. The molecular formula is C22H27ClN2O4S. The number of carbonyl (C=O) groups is 1. The molecule has 0 spiro atoms. The number of hydrogen-bond acceptors (Lipinski definition) is 6. The Kier molecular flexibility index (Phi) is 7.52. The maximum absolute atomic E-state index is 12.5. The molecule has 0 radical (unpaired) electrons. The van der Waals surface area contributed by atoms with Crippen LogP contribution >= 0.6 is 23.4 Å². The van der Waals surface area contributed by atoms with Crippen LogP contribution in [0.25, 0.3) is 0 Å². The Morgan fingerprint density at radius 2 is 2.07 bits per heavy atom. The van der Waals surface area contributed by atoms with Crippen LogP contribution in [0.4, 0.5) is 5.69 Å². The van der Waals surface area contributed by atoms with Crippen molar-refractivity contribution >= 4 is 35.0 Å². The van der Waals surface area contributed by atoms with Gasteiger partial charge in [0, 0.05) is 35.0 Å². The van der Waals surface area contributed by atoms with E-state index in [0.717, 1.165) is 16.1 Å². The van der Waals surface area contributed by atoms with E-state index in [-0.39, 0.29) is 17.3 Å². The third-order valence-electron chi connectivity index (χ3n) is 4.86. The van der Waals surface area contributed by atoms with Gasteiger partial charge in [0.05, 0.1) is 19.4 Å². The van der Waals surface area contributed by atoms with E-state index in [4.69, 9.17) is 21.1 Å². The number of thioether (sulfide) groups is 1. The van der Waals surface area contributed by atoms with Crippen molar-refractivity contribution in [1.29, 1.82) is 0 Å². The zero-order valence-corrected chi connectivity index (χ0v) is 19.2. The molecule has 0 aliphatic carbocycles. The summed E-state index contributed by atoms with van der Waals surface area (Å²) in [6.07, 6.45) is 0.671. The van der Waals surface area contributed by atoms with Crippen LogP contribution in [0.2, 0.25) is 5.02 Å². The predicted octanol–water partition coefficient (Wildman–Crippen LogP) is 5.37. The summed E-state index contributed by atoms with van der Waals surface area (Å²) in [5, 5.41) is 11.4. The van der Waals surface area contributed by atoms with Crippen molar-refractivity contribution < 1.29 is 19.5 Å². The Morgan fingerprint density at radius 3 is 2.73 bits per heavy atom. The van der Waals surface area contributed by atoms with Gasteiger partial charge in [-0.1, -0.05) is 23.4 Å². The first kappa shape index (κ1) is 22.7. The topological polar surface area (TPSA) is 62.2 Å². The minimum absolute atomic E-state index is 0.0610. The summed E-state index contributed by atoms with van der Waals surface area (Å²) in [4.78, 5) is 15.3. The molecule has 2 aromatic rings. The number of halogens is 1. The molecular weight excluding hydrogens is 424 g/mol. The van der Waals surface area contributed by atoms with Crippen LogP contribution in [0, 0.1) is 0 Å².